The zero-order valence-corrected chi connectivity index (χ0v) is 17.8. The first-order valence-corrected chi connectivity index (χ1v) is 11.0. The number of urea groups is 1. The summed E-state index contributed by atoms with van der Waals surface area (Å²) in [6.07, 6.45) is 0.894. The molecule has 2 amide bonds. The summed E-state index contributed by atoms with van der Waals surface area (Å²) in [6.45, 7) is 0.149. The SMILES string of the molecule is O=C(O)C[C@H](NC(=O)N[C@@H](CCCO)CSc1ccccc1)c1ccc2c(c1)OCO2. The molecule has 0 bridgehead atoms. The largest absolute Gasteiger partial charge is 0.481 e. The molecule has 166 valence electrons. The third-order valence-corrected chi connectivity index (χ3v) is 5.90. The summed E-state index contributed by atoms with van der Waals surface area (Å²) in [5, 5.41) is 24.2. The molecule has 8 nitrogen and oxygen atoms in total. The number of aliphatic carboxylic acids is 1. The van der Waals surface area contributed by atoms with E-state index in [1.165, 1.54) is 0 Å². The van der Waals surface area contributed by atoms with Crippen LogP contribution in [0.4, 0.5) is 4.79 Å². The van der Waals surface area contributed by atoms with Gasteiger partial charge in [-0.15, -0.1) is 11.8 Å². The Morgan fingerprint density at radius 3 is 2.58 bits per heavy atom. The molecule has 0 radical (unpaired) electrons. The van der Waals surface area contributed by atoms with Gasteiger partial charge in [-0.05, 0) is 42.7 Å². The molecule has 1 heterocycles. The third-order valence-electron chi connectivity index (χ3n) is 4.72. The number of carboxylic acids is 1. The van der Waals surface area contributed by atoms with E-state index in [0.29, 0.717) is 35.7 Å². The lowest BCUT2D eigenvalue weighted by atomic mass is 10.0. The van der Waals surface area contributed by atoms with E-state index in [9.17, 15) is 19.8 Å². The van der Waals surface area contributed by atoms with Gasteiger partial charge in [-0.3, -0.25) is 4.79 Å². The van der Waals surface area contributed by atoms with Crippen LogP contribution in [0.15, 0.2) is 53.4 Å². The molecule has 1 aliphatic rings. The molecule has 0 saturated carbocycles. The molecule has 0 spiro atoms. The highest BCUT2D eigenvalue weighted by Gasteiger charge is 2.23. The van der Waals surface area contributed by atoms with Crippen LogP contribution in [0.1, 0.15) is 30.9 Å². The van der Waals surface area contributed by atoms with E-state index in [2.05, 4.69) is 10.6 Å². The molecule has 1 aliphatic heterocycles. The van der Waals surface area contributed by atoms with Crippen molar-refractivity contribution in [2.45, 2.75) is 36.2 Å². The molecule has 9 heteroatoms. The first-order chi connectivity index (χ1) is 15.0. The molecule has 31 heavy (non-hydrogen) atoms. The highest BCUT2D eigenvalue weighted by atomic mass is 32.2. The van der Waals surface area contributed by atoms with Crippen LogP contribution in [0.3, 0.4) is 0 Å². The first kappa shape index (κ1) is 22.8. The van der Waals surface area contributed by atoms with Crippen molar-refractivity contribution in [2.75, 3.05) is 19.2 Å². The van der Waals surface area contributed by atoms with Crippen LogP contribution < -0.4 is 20.1 Å². The summed E-state index contributed by atoms with van der Waals surface area (Å²) in [7, 11) is 0. The number of fused-ring (bicyclic) bond motifs is 1. The van der Waals surface area contributed by atoms with E-state index < -0.39 is 18.0 Å². The number of rotatable bonds is 11. The van der Waals surface area contributed by atoms with Crippen molar-refractivity contribution < 1.29 is 29.3 Å². The summed E-state index contributed by atoms with van der Waals surface area (Å²) in [5.41, 5.74) is 0.618. The van der Waals surface area contributed by atoms with Crippen LogP contribution in [-0.4, -0.2) is 47.4 Å². The molecule has 2 aromatic rings. The number of carbonyl (C=O) groups is 2. The lowest BCUT2D eigenvalue weighted by Gasteiger charge is -2.22. The normalized spacial score (nSPS) is 14.0. The number of amides is 2. The van der Waals surface area contributed by atoms with Gasteiger partial charge in [-0.2, -0.15) is 0 Å². The quantitative estimate of drug-likeness (QED) is 0.392. The van der Waals surface area contributed by atoms with Crippen LogP contribution in [0.2, 0.25) is 0 Å². The molecule has 0 unspecified atom stereocenters. The highest BCUT2D eigenvalue weighted by Crippen LogP contribution is 2.34. The molecular weight excluding hydrogens is 420 g/mol. The molecule has 2 atom stereocenters. The number of benzene rings is 2. The number of ether oxygens (including phenoxy) is 2. The van der Waals surface area contributed by atoms with Gasteiger partial charge in [0, 0.05) is 23.3 Å². The van der Waals surface area contributed by atoms with Gasteiger partial charge in [0.25, 0.3) is 0 Å². The molecule has 4 N–H and O–H groups in total. The second-order valence-electron chi connectivity index (χ2n) is 7.07. The van der Waals surface area contributed by atoms with Gasteiger partial charge in [0.2, 0.25) is 6.79 Å². The van der Waals surface area contributed by atoms with E-state index in [4.69, 9.17) is 9.47 Å². The van der Waals surface area contributed by atoms with Crippen LogP contribution >= 0.6 is 11.8 Å². The summed E-state index contributed by atoms with van der Waals surface area (Å²) >= 11 is 1.61. The average Bonchev–Trinajstić information content (AvgIpc) is 3.23. The fraction of sp³-hybridized carbons (Fsp3) is 0.364. The highest BCUT2D eigenvalue weighted by molar-refractivity contribution is 7.99. The third kappa shape index (κ3) is 7.08. The van der Waals surface area contributed by atoms with Crippen molar-refractivity contribution in [2.24, 2.45) is 0 Å². The minimum absolute atomic E-state index is 0.0363. The van der Waals surface area contributed by atoms with Crippen molar-refractivity contribution in [3.63, 3.8) is 0 Å². The Labute approximate surface area is 184 Å². The van der Waals surface area contributed by atoms with Crippen LogP contribution in [0.5, 0.6) is 11.5 Å². The number of hydrogen-bond donors (Lipinski definition) is 4. The number of aliphatic hydroxyl groups is 1. The Balaban J connectivity index is 1.63. The zero-order valence-electron chi connectivity index (χ0n) is 17.0. The molecule has 0 aliphatic carbocycles. The van der Waals surface area contributed by atoms with Crippen LogP contribution in [0.25, 0.3) is 0 Å². The second-order valence-corrected chi connectivity index (χ2v) is 8.16. The Kier molecular flexibility index (Phi) is 8.43. The van der Waals surface area contributed by atoms with Crippen molar-refractivity contribution >= 4 is 23.8 Å². The molecule has 3 rings (SSSR count). The van der Waals surface area contributed by atoms with Gasteiger partial charge >= 0.3 is 12.0 Å². The van der Waals surface area contributed by atoms with Crippen molar-refractivity contribution in [1.82, 2.24) is 10.6 Å². The lowest BCUT2D eigenvalue weighted by molar-refractivity contribution is -0.137. The van der Waals surface area contributed by atoms with E-state index in [1.54, 1.807) is 30.0 Å². The van der Waals surface area contributed by atoms with E-state index in [0.717, 1.165) is 4.90 Å². The summed E-state index contributed by atoms with van der Waals surface area (Å²) < 4.78 is 10.6. The Morgan fingerprint density at radius 2 is 1.84 bits per heavy atom. The molecule has 0 aromatic heterocycles. The number of hydrogen-bond acceptors (Lipinski definition) is 6. The monoisotopic (exact) mass is 446 g/mol. The minimum atomic E-state index is -1.03. The lowest BCUT2D eigenvalue weighted by Crippen LogP contribution is -2.45. The molecule has 2 aromatic carbocycles. The number of aliphatic hydroxyl groups excluding tert-OH is 1. The molecule has 0 fully saturated rings. The van der Waals surface area contributed by atoms with Crippen LogP contribution in [0, 0.1) is 0 Å². The summed E-state index contributed by atoms with van der Waals surface area (Å²) in [6, 6.07) is 13.6. The van der Waals surface area contributed by atoms with Crippen molar-refractivity contribution in [1.29, 1.82) is 0 Å². The molecular formula is C22H26N2O6S. The van der Waals surface area contributed by atoms with Crippen molar-refractivity contribution in [3.05, 3.63) is 54.1 Å². The Morgan fingerprint density at radius 1 is 1.06 bits per heavy atom. The van der Waals surface area contributed by atoms with E-state index >= 15 is 0 Å². The fourth-order valence-corrected chi connectivity index (χ4v) is 4.18. The standard InChI is InChI=1S/C22H26N2O6S/c25-10-4-5-16(13-31-17-6-2-1-3-7-17)23-22(28)24-18(12-21(26)27)15-8-9-19-20(11-15)30-14-29-19/h1-3,6-9,11,16,18,25H,4-5,10,12-14H2,(H,26,27)(H2,23,24,28)/t16-,18-/m0/s1. The summed E-state index contributed by atoms with van der Waals surface area (Å²) in [5.74, 6) is 0.712. The Bertz CT molecular complexity index is 880. The minimum Gasteiger partial charge on any atom is -0.481 e. The van der Waals surface area contributed by atoms with E-state index in [-0.39, 0.29) is 25.9 Å². The maximum atomic E-state index is 12.7. The van der Waals surface area contributed by atoms with E-state index in [1.807, 2.05) is 30.3 Å². The molecule has 0 saturated heterocycles. The number of nitrogens with one attached hydrogen (secondary N) is 2. The van der Waals surface area contributed by atoms with Gasteiger partial charge in [-0.1, -0.05) is 24.3 Å². The summed E-state index contributed by atoms with van der Waals surface area (Å²) in [4.78, 5) is 25.1. The number of carboxylic acid groups (broad SMARTS) is 1. The average molecular weight is 447 g/mol. The number of carbonyl (C=O) groups excluding carboxylic acids is 1. The predicted molar refractivity (Wildman–Crippen MR) is 117 cm³/mol. The smallest absolute Gasteiger partial charge is 0.315 e. The van der Waals surface area contributed by atoms with Crippen molar-refractivity contribution in [3.8, 4) is 11.5 Å². The van der Waals surface area contributed by atoms with Gasteiger partial charge in [0.15, 0.2) is 11.5 Å². The maximum absolute atomic E-state index is 12.7. The topological polar surface area (TPSA) is 117 Å². The van der Waals surface area contributed by atoms with Gasteiger partial charge in [0.05, 0.1) is 12.5 Å². The van der Waals surface area contributed by atoms with Gasteiger partial charge < -0.3 is 30.3 Å². The van der Waals surface area contributed by atoms with Gasteiger partial charge in [-0.25, -0.2) is 4.79 Å². The zero-order chi connectivity index (χ0) is 22.1. The maximum Gasteiger partial charge on any atom is 0.315 e. The number of thioether (sulfide) groups is 1. The second kappa shape index (κ2) is 11.5. The first-order valence-electron chi connectivity index (χ1n) is 10.0. The van der Waals surface area contributed by atoms with Crippen LogP contribution in [-0.2, 0) is 4.79 Å². The fourth-order valence-electron chi connectivity index (χ4n) is 3.19. The predicted octanol–water partition coefficient (Wildman–Crippen LogP) is 3.16. The Hall–Kier alpha value is -2.91. The van der Waals surface area contributed by atoms with Gasteiger partial charge in [0.1, 0.15) is 0 Å².